The molecule has 5 nitrogen and oxygen atoms in total. The molecule has 0 aromatic heterocycles. The number of rotatable bonds is 2. The number of hydrogen-bond acceptors (Lipinski definition) is 3. The first-order chi connectivity index (χ1) is 10.6. The number of ether oxygens (including phenoxy) is 1. The summed E-state index contributed by atoms with van der Waals surface area (Å²) in [6, 6.07) is 4.97. The number of nitrogens with zero attached hydrogens (tertiary/aromatic N) is 1. The van der Waals surface area contributed by atoms with Gasteiger partial charge in [-0.25, -0.2) is 4.79 Å². The molecule has 0 bridgehead atoms. The van der Waals surface area contributed by atoms with E-state index in [-0.39, 0.29) is 11.8 Å². The quantitative estimate of drug-likeness (QED) is 0.869. The third kappa shape index (κ3) is 2.90. The SMILES string of the molecule is O=C(O)C1Cc2c(Br)cccc2CN1C(=O)C1CCCOC1. The predicted molar refractivity (Wildman–Crippen MR) is 83.4 cm³/mol. The first-order valence-electron chi connectivity index (χ1n) is 7.45. The zero-order chi connectivity index (χ0) is 15.7. The lowest BCUT2D eigenvalue weighted by atomic mass is 9.91. The summed E-state index contributed by atoms with van der Waals surface area (Å²) in [5.74, 6) is -1.27. The molecule has 0 saturated carbocycles. The molecule has 118 valence electrons. The standard InChI is InChI=1S/C16H18BrNO4/c17-13-5-1-3-10-8-18(14(16(20)21)7-12(10)13)15(19)11-4-2-6-22-9-11/h1,3,5,11,14H,2,4,6-9H2,(H,20,21). The molecule has 2 aliphatic heterocycles. The van der Waals surface area contributed by atoms with Crippen molar-refractivity contribution >= 4 is 27.8 Å². The van der Waals surface area contributed by atoms with Crippen LogP contribution in [-0.4, -0.2) is 41.1 Å². The number of carboxylic acid groups (broad SMARTS) is 1. The smallest absolute Gasteiger partial charge is 0.326 e. The van der Waals surface area contributed by atoms with Gasteiger partial charge in [-0.3, -0.25) is 4.79 Å². The second-order valence-corrected chi connectivity index (χ2v) is 6.67. The van der Waals surface area contributed by atoms with Gasteiger partial charge in [0.25, 0.3) is 0 Å². The van der Waals surface area contributed by atoms with Gasteiger partial charge in [-0.05, 0) is 30.0 Å². The third-order valence-electron chi connectivity index (χ3n) is 4.41. The fourth-order valence-electron chi connectivity index (χ4n) is 3.20. The monoisotopic (exact) mass is 367 g/mol. The Morgan fingerprint density at radius 2 is 2.18 bits per heavy atom. The predicted octanol–water partition coefficient (Wildman–Crippen LogP) is 2.21. The highest BCUT2D eigenvalue weighted by molar-refractivity contribution is 9.10. The van der Waals surface area contributed by atoms with Crippen molar-refractivity contribution in [2.75, 3.05) is 13.2 Å². The molecule has 2 heterocycles. The Hall–Kier alpha value is -1.40. The summed E-state index contributed by atoms with van der Waals surface area (Å²) in [5.41, 5.74) is 2.00. The van der Waals surface area contributed by atoms with Crippen LogP contribution in [0.1, 0.15) is 24.0 Å². The maximum atomic E-state index is 12.7. The van der Waals surface area contributed by atoms with Crippen LogP contribution in [0.5, 0.6) is 0 Å². The van der Waals surface area contributed by atoms with Gasteiger partial charge < -0.3 is 14.7 Å². The molecule has 2 unspecified atom stereocenters. The van der Waals surface area contributed by atoms with Crippen LogP contribution in [0.25, 0.3) is 0 Å². The second kappa shape index (κ2) is 6.38. The summed E-state index contributed by atoms with van der Waals surface area (Å²) < 4.78 is 6.28. The molecule has 6 heteroatoms. The van der Waals surface area contributed by atoms with Crippen LogP contribution in [0.4, 0.5) is 0 Å². The Balaban J connectivity index is 1.88. The lowest BCUT2D eigenvalue weighted by Gasteiger charge is -2.37. The molecule has 0 spiro atoms. The maximum absolute atomic E-state index is 12.7. The molecule has 2 aliphatic rings. The summed E-state index contributed by atoms with van der Waals surface area (Å²) in [4.78, 5) is 25.9. The molecule has 1 aromatic carbocycles. The van der Waals surface area contributed by atoms with Gasteiger partial charge in [-0.2, -0.15) is 0 Å². The minimum atomic E-state index is -0.952. The van der Waals surface area contributed by atoms with E-state index in [9.17, 15) is 14.7 Å². The van der Waals surface area contributed by atoms with Crippen molar-refractivity contribution in [3.05, 3.63) is 33.8 Å². The van der Waals surface area contributed by atoms with E-state index in [1.807, 2.05) is 18.2 Å². The molecule has 1 amide bonds. The van der Waals surface area contributed by atoms with E-state index in [1.54, 1.807) is 0 Å². The Morgan fingerprint density at radius 3 is 2.86 bits per heavy atom. The fourth-order valence-corrected chi connectivity index (χ4v) is 3.77. The fraction of sp³-hybridized carbons (Fsp3) is 0.500. The van der Waals surface area contributed by atoms with E-state index < -0.39 is 12.0 Å². The summed E-state index contributed by atoms with van der Waals surface area (Å²) in [5, 5.41) is 9.53. The first kappa shape index (κ1) is 15.5. The highest BCUT2D eigenvalue weighted by atomic mass is 79.9. The van der Waals surface area contributed by atoms with Gasteiger partial charge in [-0.1, -0.05) is 28.1 Å². The topological polar surface area (TPSA) is 66.8 Å². The van der Waals surface area contributed by atoms with E-state index in [1.165, 1.54) is 4.90 Å². The number of fused-ring (bicyclic) bond motifs is 1. The summed E-state index contributed by atoms with van der Waals surface area (Å²) in [6.07, 6.45) is 1.96. The number of carbonyl (C=O) groups excluding carboxylic acids is 1. The zero-order valence-corrected chi connectivity index (χ0v) is 13.7. The van der Waals surface area contributed by atoms with Crippen LogP contribution in [-0.2, 0) is 27.3 Å². The van der Waals surface area contributed by atoms with Gasteiger partial charge in [0.15, 0.2) is 0 Å². The highest BCUT2D eigenvalue weighted by Crippen LogP contribution is 2.31. The van der Waals surface area contributed by atoms with E-state index in [0.717, 1.165) is 28.4 Å². The van der Waals surface area contributed by atoms with Crippen molar-refractivity contribution < 1.29 is 19.4 Å². The lowest BCUT2D eigenvalue weighted by Crippen LogP contribution is -2.51. The van der Waals surface area contributed by atoms with Crippen LogP contribution in [0.2, 0.25) is 0 Å². The molecular formula is C16H18BrNO4. The molecule has 1 fully saturated rings. The van der Waals surface area contributed by atoms with Crippen molar-refractivity contribution in [2.45, 2.75) is 31.8 Å². The molecule has 0 radical (unpaired) electrons. The number of aliphatic carboxylic acids is 1. The Bertz CT molecular complexity index is 598. The minimum absolute atomic E-state index is 0.0993. The Labute approximate surface area is 137 Å². The van der Waals surface area contributed by atoms with Crippen LogP contribution in [0, 0.1) is 5.92 Å². The van der Waals surface area contributed by atoms with E-state index >= 15 is 0 Å². The average Bonchev–Trinajstić information content (AvgIpc) is 2.54. The lowest BCUT2D eigenvalue weighted by molar-refractivity contribution is -0.155. The molecule has 1 saturated heterocycles. The highest BCUT2D eigenvalue weighted by Gasteiger charge is 2.38. The van der Waals surface area contributed by atoms with Gasteiger partial charge in [0.2, 0.25) is 5.91 Å². The molecule has 0 aliphatic carbocycles. The van der Waals surface area contributed by atoms with Crippen LogP contribution < -0.4 is 0 Å². The van der Waals surface area contributed by atoms with E-state index in [0.29, 0.717) is 26.2 Å². The average molecular weight is 368 g/mol. The molecule has 2 atom stereocenters. The van der Waals surface area contributed by atoms with Crippen LogP contribution in [0.15, 0.2) is 22.7 Å². The molecule has 1 aromatic rings. The molecular weight excluding hydrogens is 350 g/mol. The van der Waals surface area contributed by atoms with Crippen LogP contribution in [0.3, 0.4) is 0 Å². The number of carbonyl (C=O) groups is 2. The number of carboxylic acids is 1. The van der Waals surface area contributed by atoms with E-state index in [2.05, 4.69) is 15.9 Å². The van der Waals surface area contributed by atoms with Crippen molar-refractivity contribution in [1.82, 2.24) is 4.90 Å². The molecule has 22 heavy (non-hydrogen) atoms. The van der Waals surface area contributed by atoms with Gasteiger partial charge in [0.05, 0.1) is 12.5 Å². The van der Waals surface area contributed by atoms with E-state index in [4.69, 9.17) is 4.74 Å². The van der Waals surface area contributed by atoms with Gasteiger partial charge in [0.1, 0.15) is 6.04 Å². The maximum Gasteiger partial charge on any atom is 0.326 e. The van der Waals surface area contributed by atoms with Crippen molar-refractivity contribution in [3.63, 3.8) is 0 Å². The second-order valence-electron chi connectivity index (χ2n) is 5.82. The molecule has 1 N–H and O–H groups in total. The summed E-state index contributed by atoms with van der Waals surface area (Å²) in [7, 11) is 0. The summed E-state index contributed by atoms with van der Waals surface area (Å²) >= 11 is 3.48. The van der Waals surface area contributed by atoms with Gasteiger partial charge in [0, 0.05) is 24.0 Å². The number of amides is 1. The normalized spacial score (nSPS) is 24.7. The Kier molecular flexibility index (Phi) is 4.49. The largest absolute Gasteiger partial charge is 0.480 e. The molecule has 3 rings (SSSR count). The zero-order valence-electron chi connectivity index (χ0n) is 12.1. The first-order valence-corrected chi connectivity index (χ1v) is 8.24. The van der Waals surface area contributed by atoms with Crippen molar-refractivity contribution in [1.29, 1.82) is 0 Å². The van der Waals surface area contributed by atoms with Gasteiger partial charge >= 0.3 is 5.97 Å². The van der Waals surface area contributed by atoms with Crippen molar-refractivity contribution in [3.8, 4) is 0 Å². The summed E-state index contributed by atoms with van der Waals surface area (Å²) in [6.45, 7) is 1.43. The van der Waals surface area contributed by atoms with Gasteiger partial charge in [-0.15, -0.1) is 0 Å². The Morgan fingerprint density at radius 1 is 1.36 bits per heavy atom. The number of halogens is 1. The van der Waals surface area contributed by atoms with Crippen molar-refractivity contribution in [2.24, 2.45) is 5.92 Å². The third-order valence-corrected chi connectivity index (χ3v) is 5.15. The number of hydrogen-bond donors (Lipinski definition) is 1. The minimum Gasteiger partial charge on any atom is -0.480 e. The van der Waals surface area contributed by atoms with Crippen LogP contribution >= 0.6 is 15.9 Å². The number of benzene rings is 1.